The number of hydrogen-bond acceptors (Lipinski definition) is 7. The fourth-order valence-electron chi connectivity index (χ4n) is 2.32. The summed E-state index contributed by atoms with van der Waals surface area (Å²) in [6.45, 7) is 1.74. The molecule has 0 aliphatic carbocycles. The van der Waals surface area contributed by atoms with E-state index in [0.29, 0.717) is 28.8 Å². The third kappa shape index (κ3) is 3.92. The highest BCUT2D eigenvalue weighted by Crippen LogP contribution is 2.31. The third-order valence-electron chi connectivity index (χ3n) is 3.53. The molecule has 2 N–H and O–H groups in total. The number of carbonyl (C=O) groups is 1. The van der Waals surface area contributed by atoms with Gasteiger partial charge in [0.1, 0.15) is 11.5 Å². The molecule has 0 radical (unpaired) electrons. The van der Waals surface area contributed by atoms with Crippen LogP contribution in [0.1, 0.15) is 16.2 Å². The fraction of sp³-hybridized carbons (Fsp3) is 0.167. The average Bonchev–Trinajstić information content (AvgIpc) is 3.06. The zero-order chi connectivity index (χ0) is 18.5. The highest BCUT2D eigenvalue weighted by Gasteiger charge is 2.11. The fourth-order valence-corrected chi connectivity index (χ4v) is 2.32. The molecule has 1 aromatic carbocycles. The van der Waals surface area contributed by atoms with Crippen molar-refractivity contribution in [2.75, 3.05) is 24.9 Å². The van der Waals surface area contributed by atoms with Crippen molar-refractivity contribution in [3.8, 4) is 11.5 Å². The molecule has 1 amide bonds. The molecule has 8 heteroatoms. The number of ether oxygens (including phenoxy) is 2. The van der Waals surface area contributed by atoms with Crippen LogP contribution < -0.4 is 20.1 Å². The standard InChI is InChI=1S/C18H18N4O4/c1-11-8-17(22-26-11)21-18(23)14-9-13(6-7-19-14)20-12-4-5-15(24-2)16(10-12)25-3/h4-10H,1-3H3,(H,19,20)(H,21,22,23). The van der Waals surface area contributed by atoms with E-state index in [4.69, 9.17) is 14.0 Å². The van der Waals surface area contributed by atoms with Crippen LogP contribution in [-0.4, -0.2) is 30.3 Å². The summed E-state index contributed by atoms with van der Waals surface area (Å²) in [6, 6.07) is 10.5. The summed E-state index contributed by atoms with van der Waals surface area (Å²) in [5.74, 6) is 1.81. The molecule has 0 atom stereocenters. The van der Waals surface area contributed by atoms with Crippen molar-refractivity contribution in [3.05, 3.63) is 54.0 Å². The number of methoxy groups -OCH3 is 2. The Labute approximate surface area is 150 Å². The van der Waals surface area contributed by atoms with E-state index in [1.807, 2.05) is 6.07 Å². The van der Waals surface area contributed by atoms with Crippen molar-refractivity contribution >= 4 is 23.1 Å². The summed E-state index contributed by atoms with van der Waals surface area (Å²) in [6.07, 6.45) is 1.55. The molecule has 8 nitrogen and oxygen atoms in total. The van der Waals surface area contributed by atoms with E-state index in [9.17, 15) is 4.79 Å². The predicted molar refractivity (Wildman–Crippen MR) is 96.3 cm³/mol. The van der Waals surface area contributed by atoms with Crippen molar-refractivity contribution in [3.63, 3.8) is 0 Å². The van der Waals surface area contributed by atoms with Gasteiger partial charge in [0.15, 0.2) is 17.3 Å². The van der Waals surface area contributed by atoms with E-state index < -0.39 is 0 Å². The zero-order valence-corrected chi connectivity index (χ0v) is 14.6. The highest BCUT2D eigenvalue weighted by atomic mass is 16.5. The second kappa shape index (κ2) is 7.56. The molecule has 0 aliphatic rings. The predicted octanol–water partition coefficient (Wildman–Crippen LogP) is 3.39. The second-order valence-electron chi connectivity index (χ2n) is 5.40. The Kier molecular flexibility index (Phi) is 5.02. The molecule has 134 valence electrons. The molecule has 0 bridgehead atoms. The van der Waals surface area contributed by atoms with E-state index in [1.54, 1.807) is 57.7 Å². The number of nitrogens with zero attached hydrogens (tertiary/aromatic N) is 2. The SMILES string of the molecule is COc1ccc(Nc2ccnc(C(=O)Nc3cc(C)on3)c2)cc1OC. The maximum absolute atomic E-state index is 12.3. The second-order valence-corrected chi connectivity index (χ2v) is 5.40. The molecular weight excluding hydrogens is 336 g/mol. The minimum atomic E-state index is -0.380. The largest absolute Gasteiger partial charge is 0.493 e. The number of pyridine rings is 1. The number of benzene rings is 1. The van der Waals surface area contributed by atoms with Gasteiger partial charge in [-0.2, -0.15) is 0 Å². The van der Waals surface area contributed by atoms with Crippen LogP contribution in [0.5, 0.6) is 11.5 Å². The van der Waals surface area contributed by atoms with Gasteiger partial charge in [0.25, 0.3) is 5.91 Å². The van der Waals surface area contributed by atoms with Gasteiger partial charge in [-0.05, 0) is 31.2 Å². The summed E-state index contributed by atoms with van der Waals surface area (Å²) < 4.78 is 15.4. The first kappa shape index (κ1) is 17.3. The van der Waals surface area contributed by atoms with Crippen LogP contribution >= 0.6 is 0 Å². The van der Waals surface area contributed by atoms with Gasteiger partial charge in [-0.1, -0.05) is 5.16 Å². The van der Waals surface area contributed by atoms with Crippen LogP contribution in [0.25, 0.3) is 0 Å². The first-order chi connectivity index (χ1) is 12.6. The Bertz CT molecular complexity index is 923. The lowest BCUT2D eigenvalue weighted by Gasteiger charge is -2.11. The molecule has 0 saturated heterocycles. The lowest BCUT2D eigenvalue weighted by atomic mass is 10.2. The molecule has 3 aromatic rings. The number of anilines is 3. The molecule has 0 spiro atoms. The maximum Gasteiger partial charge on any atom is 0.275 e. The highest BCUT2D eigenvalue weighted by molar-refractivity contribution is 6.02. The first-order valence-corrected chi connectivity index (χ1v) is 7.79. The van der Waals surface area contributed by atoms with E-state index >= 15 is 0 Å². The maximum atomic E-state index is 12.3. The summed E-state index contributed by atoms with van der Waals surface area (Å²) >= 11 is 0. The van der Waals surface area contributed by atoms with Gasteiger partial charge in [-0.15, -0.1) is 0 Å². The number of hydrogen-bond donors (Lipinski definition) is 2. The first-order valence-electron chi connectivity index (χ1n) is 7.79. The number of amides is 1. The van der Waals surface area contributed by atoms with Crippen LogP contribution in [-0.2, 0) is 0 Å². The summed E-state index contributed by atoms with van der Waals surface area (Å²) in [4.78, 5) is 16.4. The Hall–Kier alpha value is -3.55. The van der Waals surface area contributed by atoms with Crippen LogP contribution in [0.2, 0.25) is 0 Å². The van der Waals surface area contributed by atoms with Crippen molar-refractivity contribution < 1.29 is 18.8 Å². The van der Waals surface area contributed by atoms with Crippen molar-refractivity contribution in [1.82, 2.24) is 10.1 Å². The van der Waals surface area contributed by atoms with Gasteiger partial charge in [0.2, 0.25) is 0 Å². The normalized spacial score (nSPS) is 10.3. The molecule has 0 saturated carbocycles. The van der Waals surface area contributed by atoms with Gasteiger partial charge in [0.05, 0.1) is 14.2 Å². The minimum Gasteiger partial charge on any atom is -0.493 e. The van der Waals surface area contributed by atoms with Gasteiger partial charge >= 0.3 is 0 Å². The lowest BCUT2D eigenvalue weighted by molar-refractivity contribution is 0.102. The molecule has 0 unspecified atom stereocenters. The van der Waals surface area contributed by atoms with Gasteiger partial charge < -0.3 is 24.6 Å². The quantitative estimate of drug-likeness (QED) is 0.700. The number of nitrogens with one attached hydrogen (secondary N) is 2. The smallest absolute Gasteiger partial charge is 0.275 e. The topological polar surface area (TPSA) is 98.5 Å². The Morgan fingerprint density at radius 1 is 1.04 bits per heavy atom. The number of aromatic nitrogens is 2. The molecule has 3 rings (SSSR count). The zero-order valence-electron chi connectivity index (χ0n) is 14.6. The monoisotopic (exact) mass is 354 g/mol. The summed E-state index contributed by atoms with van der Waals surface area (Å²) in [5, 5.41) is 9.57. The molecular formula is C18H18N4O4. The average molecular weight is 354 g/mol. The molecule has 2 heterocycles. The molecule has 0 fully saturated rings. The van der Waals surface area contributed by atoms with Gasteiger partial charge in [0, 0.05) is 29.7 Å². The van der Waals surface area contributed by atoms with Crippen LogP contribution in [0, 0.1) is 6.92 Å². The van der Waals surface area contributed by atoms with E-state index in [2.05, 4.69) is 20.8 Å². The van der Waals surface area contributed by atoms with Gasteiger partial charge in [-0.3, -0.25) is 9.78 Å². The van der Waals surface area contributed by atoms with E-state index in [-0.39, 0.29) is 11.6 Å². The summed E-state index contributed by atoms with van der Waals surface area (Å²) in [5.41, 5.74) is 1.73. The minimum absolute atomic E-state index is 0.246. The Balaban J connectivity index is 1.76. The van der Waals surface area contributed by atoms with E-state index in [0.717, 1.165) is 5.69 Å². The molecule has 0 aliphatic heterocycles. The third-order valence-corrected chi connectivity index (χ3v) is 3.53. The van der Waals surface area contributed by atoms with Crippen LogP contribution in [0.4, 0.5) is 17.2 Å². The van der Waals surface area contributed by atoms with Crippen molar-refractivity contribution in [1.29, 1.82) is 0 Å². The van der Waals surface area contributed by atoms with Crippen molar-refractivity contribution in [2.24, 2.45) is 0 Å². The molecule has 26 heavy (non-hydrogen) atoms. The number of aryl methyl sites for hydroxylation is 1. The Morgan fingerprint density at radius 2 is 1.81 bits per heavy atom. The van der Waals surface area contributed by atoms with Crippen molar-refractivity contribution in [2.45, 2.75) is 6.92 Å². The number of rotatable bonds is 6. The number of carbonyl (C=O) groups excluding carboxylic acids is 1. The summed E-state index contributed by atoms with van der Waals surface area (Å²) in [7, 11) is 3.15. The molecule has 2 aromatic heterocycles. The van der Waals surface area contributed by atoms with Crippen LogP contribution in [0.3, 0.4) is 0 Å². The Morgan fingerprint density at radius 3 is 2.50 bits per heavy atom. The van der Waals surface area contributed by atoms with E-state index in [1.165, 1.54) is 0 Å². The lowest BCUT2D eigenvalue weighted by Crippen LogP contribution is -2.14. The van der Waals surface area contributed by atoms with Crippen LogP contribution in [0.15, 0.2) is 47.1 Å². The van der Waals surface area contributed by atoms with Gasteiger partial charge in [-0.25, -0.2) is 0 Å².